The van der Waals surface area contributed by atoms with Gasteiger partial charge in [-0.15, -0.1) is 0 Å². The minimum Gasteiger partial charge on any atom is -0.497 e. The van der Waals surface area contributed by atoms with Gasteiger partial charge in [0.2, 0.25) is 0 Å². The average Bonchev–Trinajstić information content (AvgIpc) is 2.49. The van der Waals surface area contributed by atoms with Crippen LogP contribution in [0.2, 0.25) is 0 Å². The van der Waals surface area contributed by atoms with E-state index in [0.29, 0.717) is 12.4 Å². The number of anilines is 1. The molecule has 5 N–H and O–H groups in total. The molecule has 0 radical (unpaired) electrons. The minimum absolute atomic E-state index is 0.0692. The largest absolute Gasteiger partial charge is 0.497 e. The first-order chi connectivity index (χ1) is 10.1. The first-order valence-electron chi connectivity index (χ1n) is 6.45. The van der Waals surface area contributed by atoms with Crippen LogP contribution in [0.3, 0.4) is 0 Å². The van der Waals surface area contributed by atoms with E-state index in [1.807, 2.05) is 24.3 Å². The van der Waals surface area contributed by atoms with Crippen molar-refractivity contribution < 1.29 is 4.74 Å². The summed E-state index contributed by atoms with van der Waals surface area (Å²) in [7, 11) is 1.64. The smallest absolute Gasteiger partial charge is 0.198 e. The van der Waals surface area contributed by atoms with Crippen LogP contribution in [-0.2, 0) is 6.42 Å². The highest BCUT2D eigenvalue weighted by molar-refractivity contribution is 5.77. The third-order valence-electron chi connectivity index (χ3n) is 3.01. The molecule has 0 saturated heterocycles. The fraction of sp³-hybridized carbons (Fsp3) is 0.214. The van der Waals surface area contributed by atoms with Crippen LogP contribution in [0.4, 0.5) is 5.82 Å². The quantitative estimate of drug-likeness (QED) is 0.480. The minimum atomic E-state index is -0.208. The van der Waals surface area contributed by atoms with Crippen LogP contribution in [0.25, 0.3) is 0 Å². The molecule has 1 aromatic heterocycles. The Hall–Kier alpha value is -2.83. The third-order valence-corrected chi connectivity index (χ3v) is 3.01. The molecular weight excluding hydrogens is 268 g/mol. The van der Waals surface area contributed by atoms with Crippen molar-refractivity contribution in [2.24, 2.45) is 5.73 Å². The van der Waals surface area contributed by atoms with Crippen LogP contribution < -0.4 is 21.3 Å². The van der Waals surface area contributed by atoms with Gasteiger partial charge in [-0.25, -0.2) is 4.98 Å². The highest BCUT2D eigenvalue weighted by Crippen LogP contribution is 2.11. The second kappa shape index (κ2) is 6.56. The van der Waals surface area contributed by atoms with Gasteiger partial charge in [0.15, 0.2) is 17.3 Å². The summed E-state index contributed by atoms with van der Waals surface area (Å²) in [6.07, 6.45) is 3.79. The fourth-order valence-corrected chi connectivity index (χ4v) is 1.87. The highest BCUT2D eigenvalue weighted by Gasteiger charge is 2.03. The number of methoxy groups -OCH3 is 1. The number of rotatable bonds is 5. The Labute approximate surface area is 122 Å². The SMILES string of the molecule is COc1ccc(CCNc2nccn(C(=N)N)c2=N)cc1. The van der Waals surface area contributed by atoms with Gasteiger partial charge >= 0.3 is 0 Å². The van der Waals surface area contributed by atoms with Gasteiger partial charge in [-0.1, -0.05) is 12.1 Å². The van der Waals surface area contributed by atoms with Crippen molar-refractivity contribution in [1.82, 2.24) is 9.55 Å². The normalized spacial score (nSPS) is 10.1. The molecule has 2 rings (SSSR count). The highest BCUT2D eigenvalue weighted by atomic mass is 16.5. The zero-order chi connectivity index (χ0) is 15.2. The number of aromatic nitrogens is 2. The maximum atomic E-state index is 7.91. The molecule has 1 heterocycles. The van der Waals surface area contributed by atoms with Gasteiger partial charge in [0.05, 0.1) is 7.11 Å². The van der Waals surface area contributed by atoms with E-state index < -0.39 is 0 Å². The molecule has 0 amide bonds. The van der Waals surface area contributed by atoms with Crippen molar-refractivity contribution in [1.29, 1.82) is 10.8 Å². The Kier molecular flexibility index (Phi) is 4.55. The van der Waals surface area contributed by atoms with E-state index >= 15 is 0 Å². The van der Waals surface area contributed by atoms with E-state index in [0.717, 1.165) is 17.7 Å². The Morgan fingerprint density at radius 1 is 1.38 bits per heavy atom. The third kappa shape index (κ3) is 3.59. The molecule has 1 aromatic carbocycles. The number of nitrogens with zero attached hydrogens (tertiary/aromatic N) is 2. The van der Waals surface area contributed by atoms with Crippen molar-refractivity contribution in [3.8, 4) is 5.75 Å². The molecule has 7 nitrogen and oxygen atoms in total. The first-order valence-corrected chi connectivity index (χ1v) is 6.45. The molecular formula is C14H18N6O. The van der Waals surface area contributed by atoms with Gasteiger partial charge in [0.1, 0.15) is 5.75 Å². The Balaban J connectivity index is 1.98. The first kappa shape index (κ1) is 14.6. The van der Waals surface area contributed by atoms with E-state index in [9.17, 15) is 0 Å². The molecule has 7 heteroatoms. The number of ether oxygens (including phenoxy) is 1. The van der Waals surface area contributed by atoms with Crippen LogP contribution >= 0.6 is 0 Å². The van der Waals surface area contributed by atoms with Crippen molar-refractivity contribution in [3.63, 3.8) is 0 Å². The van der Waals surface area contributed by atoms with E-state index in [1.165, 1.54) is 17.0 Å². The lowest BCUT2D eigenvalue weighted by molar-refractivity contribution is 0.414. The summed E-state index contributed by atoms with van der Waals surface area (Å²) in [4.78, 5) is 4.09. The summed E-state index contributed by atoms with van der Waals surface area (Å²) in [6.45, 7) is 0.632. The maximum absolute atomic E-state index is 7.91. The lowest BCUT2D eigenvalue weighted by atomic mass is 10.1. The second-order valence-corrected chi connectivity index (χ2v) is 4.40. The molecule has 0 fully saturated rings. The van der Waals surface area contributed by atoms with Crippen molar-refractivity contribution >= 4 is 11.8 Å². The maximum Gasteiger partial charge on any atom is 0.198 e. The number of nitrogen functional groups attached to an aromatic ring is 1. The van der Waals surface area contributed by atoms with Crippen LogP contribution in [0, 0.1) is 10.8 Å². The van der Waals surface area contributed by atoms with Crippen molar-refractivity contribution in [2.75, 3.05) is 19.0 Å². The van der Waals surface area contributed by atoms with E-state index in [2.05, 4.69) is 10.3 Å². The fourth-order valence-electron chi connectivity index (χ4n) is 1.87. The molecule has 0 unspecified atom stereocenters. The van der Waals surface area contributed by atoms with Gasteiger partial charge in [-0.3, -0.25) is 15.4 Å². The van der Waals surface area contributed by atoms with Gasteiger partial charge in [0.25, 0.3) is 0 Å². The Bertz CT molecular complexity index is 677. The summed E-state index contributed by atoms with van der Waals surface area (Å²) in [5.41, 5.74) is 6.62. The number of benzene rings is 1. The molecule has 0 aliphatic rings. The average molecular weight is 286 g/mol. The van der Waals surface area contributed by atoms with E-state index in [-0.39, 0.29) is 11.4 Å². The number of nitrogens with one attached hydrogen (secondary N) is 3. The number of hydrogen-bond donors (Lipinski definition) is 4. The Morgan fingerprint density at radius 2 is 2.10 bits per heavy atom. The lowest BCUT2D eigenvalue weighted by Gasteiger charge is -2.09. The van der Waals surface area contributed by atoms with E-state index in [1.54, 1.807) is 7.11 Å². The summed E-state index contributed by atoms with van der Waals surface area (Å²) in [5, 5.41) is 18.4. The Morgan fingerprint density at radius 3 is 2.71 bits per heavy atom. The molecule has 21 heavy (non-hydrogen) atoms. The van der Waals surface area contributed by atoms with Crippen LogP contribution in [0.5, 0.6) is 5.75 Å². The topological polar surface area (TPSA) is 113 Å². The predicted octanol–water partition coefficient (Wildman–Crippen LogP) is 0.767. The molecule has 0 spiro atoms. The van der Waals surface area contributed by atoms with Crippen LogP contribution in [-0.4, -0.2) is 29.2 Å². The molecule has 0 atom stereocenters. The molecule has 0 aliphatic heterocycles. The van der Waals surface area contributed by atoms with E-state index in [4.69, 9.17) is 21.3 Å². The molecule has 0 bridgehead atoms. The molecule has 0 saturated carbocycles. The second-order valence-electron chi connectivity index (χ2n) is 4.40. The monoisotopic (exact) mass is 286 g/mol. The number of hydrogen-bond acceptors (Lipinski definition) is 5. The zero-order valence-electron chi connectivity index (χ0n) is 11.8. The van der Waals surface area contributed by atoms with Crippen LogP contribution in [0.15, 0.2) is 36.7 Å². The molecule has 110 valence electrons. The predicted molar refractivity (Wildman–Crippen MR) is 80.6 cm³/mol. The summed E-state index contributed by atoms with van der Waals surface area (Å²) >= 11 is 0. The summed E-state index contributed by atoms with van der Waals surface area (Å²) in [6, 6.07) is 7.82. The van der Waals surface area contributed by atoms with Gasteiger partial charge in [-0.2, -0.15) is 0 Å². The van der Waals surface area contributed by atoms with Gasteiger partial charge in [-0.05, 0) is 24.1 Å². The molecule has 0 aliphatic carbocycles. The molecule has 2 aromatic rings. The number of nitrogens with two attached hydrogens (primary N) is 1. The zero-order valence-corrected chi connectivity index (χ0v) is 11.8. The lowest BCUT2D eigenvalue weighted by Crippen LogP contribution is -2.34. The van der Waals surface area contributed by atoms with Crippen molar-refractivity contribution in [2.45, 2.75) is 6.42 Å². The van der Waals surface area contributed by atoms with Gasteiger partial charge in [0, 0.05) is 18.9 Å². The summed E-state index contributed by atoms with van der Waals surface area (Å²) in [5.74, 6) is 1.02. The van der Waals surface area contributed by atoms with Crippen molar-refractivity contribution in [3.05, 3.63) is 47.7 Å². The van der Waals surface area contributed by atoms with Gasteiger partial charge < -0.3 is 15.8 Å². The summed E-state index contributed by atoms with van der Waals surface area (Å²) < 4.78 is 6.36. The standard InChI is InChI=1S/C14H18N6O/c1-21-11-4-2-10(3-5-11)6-7-18-13-12(15)20(14(16)17)9-8-19-13/h2-5,8-9,15H,6-7H2,1H3,(H3,16,17)(H,18,19). The van der Waals surface area contributed by atoms with Crippen LogP contribution in [0.1, 0.15) is 5.56 Å².